The van der Waals surface area contributed by atoms with Gasteiger partial charge in [0.1, 0.15) is 24.7 Å². The summed E-state index contributed by atoms with van der Waals surface area (Å²) >= 11 is 0. The Morgan fingerprint density at radius 3 is 1.91 bits per heavy atom. The van der Waals surface area contributed by atoms with Crippen molar-refractivity contribution in [3.63, 3.8) is 0 Å². The Morgan fingerprint density at radius 1 is 0.682 bits per heavy atom. The van der Waals surface area contributed by atoms with Crippen LogP contribution < -0.4 is 9.47 Å². The van der Waals surface area contributed by atoms with Crippen LogP contribution in [0, 0.1) is 0 Å². The van der Waals surface area contributed by atoms with Gasteiger partial charge in [0.05, 0.1) is 11.2 Å². The molecule has 0 bridgehead atoms. The number of nitrogens with zero attached hydrogens (tertiary/aromatic N) is 1. The minimum absolute atomic E-state index is 0. The van der Waals surface area contributed by atoms with Crippen molar-refractivity contribution in [2.45, 2.75) is 38.4 Å². The summed E-state index contributed by atoms with van der Waals surface area (Å²) in [6.45, 7) is 2.92. The molecule has 6 heteroatoms. The average Bonchev–Trinajstić information content (AvgIpc) is 3.05. The number of hydrogen-bond acceptors (Lipinski definition) is 4. The summed E-state index contributed by atoms with van der Waals surface area (Å²) in [5.41, 5.74) is 4.45. The zero-order valence-corrected chi connectivity index (χ0v) is 24.1. The Hall–Kier alpha value is -4.16. The van der Waals surface area contributed by atoms with Crippen LogP contribution in [0.3, 0.4) is 0 Å². The number of benzene rings is 5. The summed E-state index contributed by atoms with van der Waals surface area (Å²) < 4.78 is 12.1. The summed E-state index contributed by atoms with van der Waals surface area (Å²) in [4.78, 5) is 16.3. The fourth-order valence-electron chi connectivity index (χ4n) is 5.49. The van der Waals surface area contributed by atoms with Crippen LogP contribution in [0.4, 0.5) is 0 Å². The predicted octanol–water partition coefficient (Wildman–Crippen LogP) is 8.07. The van der Waals surface area contributed by atoms with Gasteiger partial charge >= 0.3 is 35.5 Å². The first-order chi connectivity index (χ1) is 21.0. The summed E-state index contributed by atoms with van der Waals surface area (Å²) in [6.07, 6.45) is 0.517. The van der Waals surface area contributed by atoms with Crippen LogP contribution in [0.25, 0.3) is 21.7 Å². The van der Waals surface area contributed by atoms with Crippen molar-refractivity contribution in [3.8, 4) is 11.5 Å². The maximum absolute atomic E-state index is 11.6. The molecule has 6 aromatic rings. The first kappa shape index (κ1) is 31.3. The van der Waals surface area contributed by atoms with E-state index >= 15 is 0 Å². The maximum atomic E-state index is 11.6. The second-order valence-corrected chi connectivity index (χ2v) is 11.0. The van der Waals surface area contributed by atoms with E-state index in [0.717, 1.165) is 44.8 Å². The van der Waals surface area contributed by atoms with E-state index in [-0.39, 0.29) is 36.0 Å². The molecule has 5 nitrogen and oxygen atoms in total. The Balaban J connectivity index is 0.00000384. The molecule has 0 amide bonds. The van der Waals surface area contributed by atoms with Gasteiger partial charge in [-0.15, -0.1) is 0 Å². The number of carboxylic acids is 1. The Kier molecular flexibility index (Phi) is 10.0. The van der Waals surface area contributed by atoms with E-state index in [9.17, 15) is 9.90 Å². The molecule has 1 aromatic heterocycles. The molecular weight excluding hydrogens is 557 g/mol. The van der Waals surface area contributed by atoms with Gasteiger partial charge in [-0.05, 0) is 76.3 Å². The number of hydrogen-bond donors (Lipinski definition) is 1. The van der Waals surface area contributed by atoms with E-state index in [0.29, 0.717) is 19.6 Å². The zero-order valence-electron chi connectivity index (χ0n) is 24.1. The summed E-state index contributed by atoms with van der Waals surface area (Å²) in [5.74, 6) is 0.685. The first-order valence-corrected chi connectivity index (χ1v) is 14.5. The Bertz CT molecular complexity index is 1740. The van der Waals surface area contributed by atoms with E-state index in [1.54, 1.807) is 0 Å². The van der Waals surface area contributed by atoms with Crippen molar-refractivity contribution in [2.75, 3.05) is 0 Å². The van der Waals surface area contributed by atoms with Gasteiger partial charge in [0.2, 0.25) is 0 Å². The molecule has 0 radical (unpaired) electrons. The van der Waals surface area contributed by atoms with E-state index in [1.807, 2.05) is 91.0 Å². The number of carboxylic acid groups (broad SMARTS) is 1. The summed E-state index contributed by atoms with van der Waals surface area (Å²) in [5, 5.41) is 13.0. The van der Waals surface area contributed by atoms with Crippen LogP contribution >= 0.6 is 0 Å². The molecule has 0 saturated carbocycles. The van der Waals surface area contributed by atoms with Crippen LogP contribution in [-0.4, -0.2) is 45.6 Å². The van der Waals surface area contributed by atoms with Gasteiger partial charge in [0, 0.05) is 17.2 Å². The zero-order chi connectivity index (χ0) is 29.6. The molecule has 0 saturated heterocycles. The third-order valence-corrected chi connectivity index (χ3v) is 8.08. The van der Waals surface area contributed by atoms with Crippen molar-refractivity contribution < 1.29 is 19.4 Å². The molecule has 1 N–H and O–H groups in total. The van der Waals surface area contributed by atoms with Crippen molar-refractivity contribution in [2.24, 2.45) is 0 Å². The van der Waals surface area contributed by atoms with Gasteiger partial charge in [0.15, 0.2) is 0 Å². The van der Waals surface area contributed by atoms with Crippen LogP contribution in [0.1, 0.15) is 42.1 Å². The first-order valence-electron chi connectivity index (χ1n) is 14.5. The fourth-order valence-corrected chi connectivity index (χ4v) is 5.49. The number of aliphatic carboxylic acids is 1. The molecule has 1 unspecified atom stereocenters. The van der Waals surface area contributed by atoms with Gasteiger partial charge in [-0.3, -0.25) is 4.79 Å². The van der Waals surface area contributed by atoms with Crippen LogP contribution in [0.15, 0.2) is 127 Å². The minimum atomic E-state index is -0.815. The standard InChI is InChI=1S/C38H33NO4.Na.H/c1-38(23-22-37(40)41,31-13-18-34(19-14-31)42-25-27-10-11-28-6-2-3-8-30(28)24-27)32-15-20-35(21-16-32)43-26-33-17-12-29-7-4-5-9-36(29)39-33;;/h2-21,24H,22-23,25-26H2,1H3,(H,40,41);;. The van der Waals surface area contributed by atoms with Gasteiger partial charge in [-0.1, -0.05) is 91.9 Å². The molecular formula is C38H34NNaO4. The van der Waals surface area contributed by atoms with E-state index in [1.165, 1.54) is 10.8 Å². The topological polar surface area (TPSA) is 68.7 Å². The Morgan fingerprint density at radius 2 is 1.25 bits per heavy atom. The molecule has 1 heterocycles. The summed E-state index contributed by atoms with van der Waals surface area (Å²) in [6, 6.07) is 42.6. The molecule has 0 aliphatic carbocycles. The SMILES string of the molecule is CC(CCC(=O)O)(c1ccc(OCc2ccc3ccccc3c2)cc1)c1ccc(OCc2ccc3ccccc3n2)cc1.[NaH]. The van der Waals surface area contributed by atoms with Crippen LogP contribution in [-0.2, 0) is 23.4 Å². The number of rotatable bonds is 11. The number of para-hydroxylation sites is 1. The predicted molar refractivity (Wildman–Crippen MR) is 178 cm³/mol. The number of carbonyl (C=O) groups is 1. The molecule has 44 heavy (non-hydrogen) atoms. The summed E-state index contributed by atoms with van der Waals surface area (Å²) in [7, 11) is 0. The quantitative estimate of drug-likeness (QED) is 0.154. The second-order valence-electron chi connectivity index (χ2n) is 11.0. The molecule has 1 atom stereocenters. The molecule has 0 fully saturated rings. The molecule has 0 aliphatic rings. The third-order valence-electron chi connectivity index (χ3n) is 8.08. The molecule has 0 aliphatic heterocycles. The van der Waals surface area contributed by atoms with Crippen LogP contribution in [0.5, 0.6) is 11.5 Å². The third kappa shape index (κ3) is 7.31. The molecule has 5 aromatic carbocycles. The van der Waals surface area contributed by atoms with Gasteiger partial charge < -0.3 is 14.6 Å². The average molecular weight is 592 g/mol. The molecule has 216 valence electrons. The van der Waals surface area contributed by atoms with E-state index in [2.05, 4.69) is 48.3 Å². The fraction of sp³-hybridized carbons (Fsp3) is 0.158. The number of fused-ring (bicyclic) bond motifs is 2. The van der Waals surface area contributed by atoms with Crippen molar-refractivity contribution >= 4 is 57.2 Å². The van der Waals surface area contributed by atoms with Crippen molar-refractivity contribution in [3.05, 3.63) is 150 Å². The van der Waals surface area contributed by atoms with E-state index < -0.39 is 11.4 Å². The van der Waals surface area contributed by atoms with Gasteiger partial charge in [-0.25, -0.2) is 4.98 Å². The van der Waals surface area contributed by atoms with Crippen molar-refractivity contribution in [1.29, 1.82) is 0 Å². The van der Waals surface area contributed by atoms with Gasteiger partial charge in [0.25, 0.3) is 0 Å². The van der Waals surface area contributed by atoms with Crippen LogP contribution in [0.2, 0.25) is 0 Å². The van der Waals surface area contributed by atoms with Crippen molar-refractivity contribution in [1.82, 2.24) is 4.98 Å². The number of pyridine rings is 1. The second kappa shape index (κ2) is 14.1. The normalized spacial score (nSPS) is 12.3. The number of aromatic nitrogens is 1. The Labute approximate surface area is 279 Å². The van der Waals surface area contributed by atoms with E-state index in [4.69, 9.17) is 9.47 Å². The monoisotopic (exact) mass is 591 g/mol. The molecule has 6 rings (SSSR count). The molecule has 0 spiro atoms. The number of ether oxygens (including phenoxy) is 2. The van der Waals surface area contributed by atoms with Gasteiger partial charge in [-0.2, -0.15) is 0 Å².